The molecule has 0 saturated heterocycles. The van der Waals surface area contributed by atoms with Crippen molar-refractivity contribution in [2.75, 3.05) is 27.2 Å². The molecule has 2 nitrogen and oxygen atoms in total. The monoisotopic (exact) mass is 200 g/mol. The van der Waals surface area contributed by atoms with Gasteiger partial charge in [-0.25, -0.2) is 0 Å². The Morgan fingerprint density at radius 2 is 1.57 bits per heavy atom. The molecule has 0 fully saturated rings. The fourth-order valence-corrected chi connectivity index (χ4v) is 1.34. The molecule has 0 aliphatic rings. The van der Waals surface area contributed by atoms with E-state index in [0.29, 0.717) is 5.54 Å². The SMILES string of the molecule is CNCCCCCCN(C)C(C)(C)C. The van der Waals surface area contributed by atoms with Crippen molar-refractivity contribution in [3.05, 3.63) is 0 Å². The number of rotatable bonds is 7. The lowest BCUT2D eigenvalue weighted by molar-refractivity contribution is 0.172. The smallest absolute Gasteiger partial charge is 0.0122 e. The van der Waals surface area contributed by atoms with E-state index in [9.17, 15) is 0 Å². The van der Waals surface area contributed by atoms with Crippen LogP contribution in [0.4, 0.5) is 0 Å². The predicted molar refractivity (Wildman–Crippen MR) is 64.8 cm³/mol. The molecule has 0 spiro atoms. The van der Waals surface area contributed by atoms with Crippen molar-refractivity contribution in [1.82, 2.24) is 10.2 Å². The average Bonchev–Trinajstić information content (AvgIpc) is 2.09. The van der Waals surface area contributed by atoms with Crippen LogP contribution in [0.15, 0.2) is 0 Å². The maximum atomic E-state index is 3.18. The number of hydrogen-bond donors (Lipinski definition) is 1. The highest BCUT2D eigenvalue weighted by atomic mass is 15.1. The molecule has 0 aliphatic heterocycles. The van der Waals surface area contributed by atoms with Crippen molar-refractivity contribution >= 4 is 0 Å². The molecule has 0 amide bonds. The zero-order chi connectivity index (χ0) is 11.0. The molecule has 0 aliphatic carbocycles. The van der Waals surface area contributed by atoms with Crippen LogP contribution in [0.25, 0.3) is 0 Å². The summed E-state index contributed by atoms with van der Waals surface area (Å²) in [6, 6.07) is 0. The van der Waals surface area contributed by atoms with Crippen LogP contribution in [-0.2, 0) is 0 Å². The van der Waals surface area contributed by atoms with E-state index in [-0.39, 0.29) is 0 Å². The van der Waals surface area contributed by atoms with Gasteiger partial charge < -0.3 is 10.2 Å². The zero-order valence-electron chi connectivity index (χ0n) is 10.7. The lowest BCUT2D eigenvalue weighted by Gasteiger charge is -2.31. The topological polar surface area (TPSA) is 15.3 Å². The first-order chi connectivity index (χ1) is 6.48. The van der Waals surface area contributed by atoms with Crippen molar-refractivity contribution in [1.29, 1.82) is 0 Å². The molecule has 0 rings (SSSR count). The Balaban J connectivity index is 3.28. The molecule has 0 aromatic carbocycles. The normalized spacial score (nSPS) is 12.4. The fraction of sp³-hybridized carbons (Fsp3) is 1.00. The largest absolute Gasteiger partial charge is 0.320 e. The first-order valence-corrected chi connectivity index (χ1v) is 5.84. The number of nitrogens with one attached hydrogen (secondary N) is 1. The third kappa shape index (κ3) is 7.34. The van der Waals surface area contributed by atoms with E-state index in [1.54, 1.807) is 0 Å². The lowest BCUT2D eigenvalue weighted by atomic mass is 10.1. The third-order valence-corrected chi connectivity index (χ3v) is 2.82. The molecule has 14 heavy (non-hydrogen) atoms. The molecule has 0 atom stereocenters. The summed E-state index contributed by atoms with van der Waals surface area (Å²) in [7, 11) is 4.24. The minimum absolute atomic E-state index is 0.324. The summed E-state index contributed by atoms with van der Waals surface area (Å²) >= 11 is 0. The van der Waals surface area contributed by atoms with Gasteiger partial charge in [0.2, 0.25) is 0 Å². The average molecular weight is 200 g/mol. The van der Waals surface area contributed by atoms with Gasteiger partial charge in [-0.3, -0.25) is 0 Å². The Kier molecular flexibility index (Phi) is 7.20. The number of nitrogens with zero attached hydrogens (tertiary/aromatic N) is 1. The summed E-state index contributed by atoms with van der Waals surface area (Å²) < 4.78 is 0. The maximum Gasteiger partial charge on any atom is 0.0122 e. The molecule has 2 heteroatoms. The molecule has 0 aromatic rings. The standard InChI is InChI=1S/C12H28N2/c1-12(2,3)14(5)11-9-7-6-8-10-13-4/h13H,6-11H2,1-5H3. The van der Waals surface area contributed by atoms with Crippen LogP contribution in [0.1, 0.15) is 46.5 Å². The number of hydrogen-bond acceptors (Lipinski definition) is 2. The van der Waals surface area contributed by atoms with E-state index in [2.05, 4.69) is 38.0 Å². The Morgan fingerprint density at radius 3 is 2.07 bits per heavy atom. The highest BCUT2D eigenvalue weighted by Crippen LogP contribution is 2.11. The molecule has 0 aromatic heterocycles. The lowest BCUT2D eigenvalue weighted by Crippen LogP contribution is -2.38. The van der Waals surface area contributed by atoms with Crippen molar-refractivity contribution in [2.24, 2.45) is 0 Å². The van der Waals surface area contributed by atoms with Crippen LogP contribution < -0.4 is 5.32 Å². The minimum atomic E-state index is 0.324. The molecule has 0 radical (unpaired) electrons. The molecule has 0 bridgehead atoms. The quantitative estimate of drug-likeness (QED) is 0.635. The van der Waals surface area contributed by atoms with Gasteiger partial charge in [0.25, 0.3) is 0 Å². The van der Waals surface area contributed by atoms with Crippen molar-refractivity contribution < 1.29 is 0 Å². The summed E-state index contributed by atoms with van der Waals surface area (Å²) in [5.74, 6) is 0. The van der Waals surface area contributed by atoms with Crippen LogP contribution >= 0.6 is 0 Å². The van der Waals surface area contributed by atoms with Gasteiger partial charge in [0.05, 0.1) is 0 Å². The van der Waals surface area contributed by atoms with Crippen LogP contribution in [0.3, 0.4) is 0 Å². The van der Waals surface area contributed by atoms with Gasteiger partial charge in [-0.1, -0.05) is 12.8 Å². The summed E-state index contributed by atoms with van der Waals surface area (Å²) in [5, 5.41) is 3.18. The molecular weight excluding hydrogens is 172 g/mol. The van der Waals surface area contributed by atoms with Gasteiger partial charge >= 0.3 is 0 Å². The van der Waals surface area contributed by atoms with E-state index in [1.165, 1.54) is 32.2 Å². The second-order valence-corrected chi connectivity index (χ2v) is 5.11. The van der Waals surface area contributed by atoms with Crippen LogP contribution in [0.5, 0.6) is 0 Å². The predicted octanol–water partition coefficient (Wildman–Crippen LogP) is 2.50. The summed E-state index contributed by atoms with van der Waals surface area (Å²) in [5.41, 5.74) is 0.324. The van der Waals surface area contributed by atoms with Gasteiger partial charge in [0.1, 0.15) is 0 Å². The van der Waals surface area contributed by atoms with E-state index in [0.717, 1.165) is 6.54 Å². The fourth-order valence-electron chi connectivity index (χ4n) is 1.34. The van der Waals surface area contributed by atoms with E-state index in [4.69, 9.17) is 0 Å². The Hall–Kier alpha value is -0.0800. The molecular formula is C12H28N2. The molecule has 0 unspecified atom stereocenters. The Bertz CT molecular complexity index is 127. The van der Waals surface area contributed by atoms with Crippen LogP contribution in [-0.4, -0.2) is 37.6 Å². The summed E-state index contributed by atoms with van der Waals surface area (Å²) in [6.07, 6.45) is 5.37. The van der Waals surface area contributed by atoms with Gasteiger partial charge in [-0.15, -0.1) is 0 Å². The highest BCUT2D eigenvalue weighted by molar-refractivity contribution is 4.72. The van der Waals surface area contributed by atoms with Crippen molar-refractivity contribution in [3.63, 3.8) is 0 Å². The second kappa shape index (κ2) is 7.24. The first kappa shape index (κ1) is 13.9. The van der Waals surface area contributed by atoms with Gasteiger partial charge in [-0.2, -0.15) is 0 Å². The molecule has 0 heterocycles. The zero-order valence-corrected chi connectivity index (χ0v) is 10.7. The molecule has 1 N–H and O–H groups in total. The van der Waals surface area contributed by atoms with Crippen molar-refractivity contribution in [3.8, 4) is 0 Å². The Labute approximate surface area is 90.1 Å². The van der Waals surface area contributed by atoms with Gasteiger partial charge in [0.15, 0.2) is 0 Å². The maximum absolute atomic E-state index is 3.18. The third-order valence-electron chi connectivity index (χ3n) is 2.82. The first-order valence-electron chi connectivity index (χ1n) is 5.84. The number of unbranched alkanes of at least 4 members (excludes halogenated alkanes) is 3. The van der Waals surface area contributed by atoms with Crippen LogP contribution in [0, 0.1) is 0 Å². The van der Waals surface area contributed by atoms with Crippen molar-refractivity contribution in [2.45, 2.75) is 52.0 Å². The van der Waals surface area contributed by atoms with E-state index in [1.807, 2.05) is 7.05 Å². The van der Waals surface area contributed by atoms with Gasteiger partial charge in [0, 0.05) is 5.54 Å². The van der Waals surface area contributed by atoms with Gasteiger partial charge in [-0.05, 0) is 60.8 Å². The van der Waals surface area contributed by atoms with E-state index >= 15 is 0 Å². The summed E-state index contributed by atoms with van der Waals surface area (Å²) in [6.45, 7) is 9.20. The Morgan fingerprint density at radius 1 is 1.00 bits per heavy atom. The second-order valence-electron chi connectivity index (χ2n) is 5.11. The molecule has 0 saturated carbocycles. The molecule has 86 valence electrons. The summed E-state index contributed by atoms with van der Waals surface area (Å²) in [4.78, 5) is 2.44. The highest BCUT2D eigenvalue weighted by Gasteiger charge is 2.15. The van der Waals surface area contributed by atoms with Crippen LogP contribution in [0.2, 0.25) is 0 Å². The minimum Gasteiger partial charge on any atom is -0.320 e. The van der Waals surface area contributed by atoms with E-state index < -0.39 is 0 Å².